The number of aryl methyl sites for hydroxylation is 1. The van der Waals surface area contributed by atoms with Gasteiger partial charge < -0.3 is 20.5 Å². The molecule has 0 spiro atoms. The first-order valence-corrected chi connectivity index (χ1v) is 11.0. The van der Waals surface area contributed by atoms with Crippen LogP contribution in [-0.4, -0.2) is 45.5 Å². The van der Waals surface area contributed by atoms with Crippen LogP contribution in [0.5, 0.6) is 0 Å². The average Bonchev–Trinajstić information content (AvgIpc) is 3.37. The molecule has 2 unspecified atom stereocenters. The largest absolute Gasteiger partial charge is 0.479 e. The van der Waals surface area contributed by atoms with Gasteiger partial charge in [0.2, 0.25) is 5.91 Å². The molecule has 2 atom stereocenters. The number of hydrogen-bond donors (Lipinski definition) is 3. The Morgan fingerprint density at radius 3 is 2.21 bits per heavy atom. The van der Waals surface area contributed by atoms with Crippen molar-refractivity contribution in [3.05, 3.63) is 77.6 Å². The molecule has 0 fully saturated rings. The van der Waals surface area contributed by atoms with Crippen LogP contribution in [0, 0.1) is 0 Å². The van der Waals surface area contributed by atoms with E-state index in [1.54, 1.807) is 14.0 Å². The quantitative estimate of drug-likeness (QED) is 0.473. The van der Waals surface area contributed by atoms with Crippen LogP contribution >= 0.6 is 0 Å². The Balaban J connectivity index is 1.31. The number of rotatable bonds is 8. The van der Waals surface area contributed by atoms with Gasteiger partial charge in [0, 0.05) is 31.6 Å². The number of alkyl carbamates (subject to hydrolysis) is 1. The highest BCUT2D eigenvalue weighted by Gasteiger charge is 2.29. The lowest BCUT2D eigenvalue weighted by Gasteiger charge is -2.19. The number of carbonyl (C=O) groups excluding carboxylic acids is 2. The van der Waals surface area contributed by atoms with Crippen LogP contribution in [0.15, 0.2) is 60.8 Å². The molecule has 34 heavy (non-hydrogen) atoms. The van der Waals surface area contributed by atoms with Gasteiger partial charge in [-0.15, -0.1) is 0 Å². The van der Waals surface area contributed by atoms with E-state index in [2.05, 4.69) is 27.9 Å². The zero-order valence-corrected chi connectivity index (χ0v) is 18.9. The predicted octanol–water partition coefficient (Wildman–Crippen LogP) is 2.98. The normalized spacial score (nSPS) is 13.9. The van der Waals surface area contributed by atoms with E-state index in [-0.39, 0.29) is 18.9 Å². The van der Waals surface area contributed by atoms with E-state index in [1.165, 1.54) is 16.9 Å². The second-order valence-corrected chi connectivity index (χ2v) is 8.29. The lowest BCUT2D eigenvalue weighted by atomic mass is 9.98. The first-order chi connectivity index (χ1) is 16.3. The monoisotopic (exact) mass is 462 g/mol. The summed E-state index contributed by atoms with van der Waals surface area (Å²) in [6.45, 7) is 1.82. The number of carbonyl (C=O) groups is 3. The maximum Gasteiger partial charge on any atom is 0.407 e. The van der Waals surface area contributed by atoms with Crippen molar-refractivity contribution in [2.24, 2.45) is 7.05 Å². The number of aromatic nitrogens is 2. The van der Waals surface area contributed by atoms with Gasteiger partial charge in [0.05, 0.1) is 5.69 Å². The molecule has 9 nitrogen and oxygen atoms in total. The molecule has 176 valence electrons. The van der Waals surface area contributed by atoms with Crippen LogP contribution < -0.4 is 10.6 Å². The Hall–Kier alpha value is -4.14. The van der Waals surface area contributed by atoms with Gasteiger partial charge in [0.15, 0.2) is 6.04 Å². The molecular formula is C25H26N4O5. The van der Waals surface area contributed by atoms with E-state index < -0.39 is 30.1 Å². The summed E-state index contributed by atoms with van der Waals surface area (Å²) in [7, 11) is 1.60. The maximum absolute atomic E-state index is 12.4. The van der Waals surface area contributed by atoms with Gasteiger partial charge in [-0.1, -0.05) is 48.5 Å². The summed E-state index contributed by atoms with van der Waals surface area (Å²) in [6.07, 6.45) is 0.716. The first kappa shape index (κ1) is 23.0. The molecule has 0 radical (unpaired) electrons. The lowest BCUT2D eigenvalue weighted by molar-refractivity contribution is -0.142. The highest BCUT2D eigenvalue weighted by molar-refractivity contribution is 5.85. The fourth-order valence-corrected chi connectivity index (χ4v) is 4.32. The fourth-order valence-electron chi connectivity index (χ4n) is 4.32. The third kappa shape index (κ3) is 4.78. The summed E-state index contributed by atoms with van der Waals surface area (Å²) >= 11 is 0. The summed E-state index contributed by atoms with van der Waals surface area (Å²) in [6, 6.07) is 15.8. The Kier molecular flexibility index (Phi) is 6.62. The number of fused-ring (bicyclic) bond motifs is 3. The van der Waals surface area contributed by atoms with Crippen molar-refractivity contribution in [3.63, 3.8) is 0 Å². The molecule has 1 aromatic heterocycles. The van der Waals surface area contributed by atoms with Crippen LogP contribution in [0.2, 0.25) is 0 Å². The van der Waals surface area contributed by atoms with Crippen molar-refractivity contribution < 1.29 is 24.2 Å². The Bertz CT molecular complexity index is 1180. The molecule has 4 rings (SSSR count). The molecule has 2 amide bonds. The topological polar surface area (TPSA) is 123 Å². The zero-order valence-electron chi connectivity index (χ0n) is 18.9. The number of carboxylic acid groups (broad SMARTS) is 1. The third-order valence-electron chi connectivity index (χ3n) is 5.91. The van der Waals surface area contributed by atoms with E-state index in [4.69, 9.17) is 4.74 Å². The minimum atomic E-state index is -1.23. The second kappa shape index (κ2) is 9.78. The Morgan fingerprint density at radius 1 is 1.03 bits per heavy atom. The van der Waals surface area contributed by atoms with Gasteiger partial charge in [-0.25, -0.2) is 9.59 Å². The number of nitrogens with zero attached hydrogens (tertiary/aromatic N) is 2. The van der Waals surface area contributed by atoms with Crippen LogP contribution in [0.25, 0.3) is 11.1 Å². The number of nitrogens with one attached hydrogen (secondary N) is 2. The minimum Gasteiger partial charge on any atom is -0.479 e. The zero-order chi connectivity index (χ0) is 24.2. The highest BCUT2D eigenvalue weighted by atomic mass is 16.5. The van der Waals surface area contributed by atoms with E-state index in [1.807, 2.05) is 36.4 Å². The van der Waals surface area contributed by atoms with E-state index in [0.717, 1.165) is 22.3 Å². The third-order valence-corrected chi connectivity index (χ3v) is 5.91. The number of carboxylic acids is 1. The first-order valence-electron chi connectivity index (χ1n) is 11.0. The van der Waals surface area contributed by atoms with E-state index in [9.17, 15) is 19.5 Å². The van der Waals surface area contributed by atoms with E-state index >= 15 is 0 Å². The fraction of sp³-hybridized carbons (Fsp3) is 0.280. The second-order valence-electron chi connectivity index (χ2n) is 8.29. The molecule has 2 aromatic carbocycles. The lowest BCUT2D eigenvalue weighted by Crippen LogP contribution is -2.40. The highest BCUT2D eigenvalue weighted by Crippen LogP contribution is 2.44. The predicted molar refractivity (Wildman–Crippen MR) is 124 cm³/mol. The summed E-state index contributed by atoms with van der Waals surface area (Å²) in [5, 5.41) is 18.5. The standard InChI is InChI=1S/C25H26N4O5/c1-15(13-22(30)28-23(24(31)32)21-11-12-26-29(21)2)27-25(33)34-14-20-18-9-5-3-7-16(18)17-8-4-6-10-19(17)20/h3-12,15,20,23H,13-14H2,1-2H3,(H,27,33)(H,28,30)(H,31,32). The van der Waals surface area contributed by atoms with Gasteiger partial charge in [-0.05, 0) is 35.2 Å². The van der Waals surface area contributed by atoms with E-state index in [0.29, 0.717) is 5.69 Å². The van der Waals surface area contributed by atoms with Crippen molar-refractivity contribution in [2.75, 3.05) is 6.61 Å². The smallest absolute Gasteiger partial charge is 0.407 e. The molecule has 0 saturated heterocycles. The van der Waals surface area contributed by atoms with Crippen molar-refractivity contribution in [3.8, 4) is 11.1 Å². The number of ether oxygens (including phenoxy) is 1. The molecule has 3 aromatic rings. The summed E-state index contributed by atoms with van der Waals surface area (Å²) in [4.78, 5) is 36.4. The molecule has 0 bridgehead atoms. The number of aliphatic carboxylic acids is 1. The SMILES string of the molecule is CC(CC(=O)NC(C(=O)O)c1ccnn1C)NC(=O)OCC1c2ccccc2-c2ccccc21. The van der Waals surface area contributed by atoms with Crippen LogP contribution in [0.1, 0.15) is 42.1 Å². The molecule has 1 aliphatic carbocycles. The number of hydrogen-bond acceptors (Lipinski definition) is 5. The number of amides is 2. The molecule has 3 N–H and O–H groups in total. The molecule has 1 aliphatic rings. The minimum absolute atomic E-state index is 0.0630. The van der Waals surface area contributed by atoms with Crippen molar-refractivity contribution in [2.45, 2.75) is 31.3 Å². The summed E-state index contributed by atoms with van der Waals surface area (Å²) < 4.78 is 6.88. The summed E-state index contributed by atoms with van der Waals surface area (Å²) in [5.41, 5.74) is 4.84. The maximum atomic E-state index is 12.4. The number of benzene rings is 2. The average molecular weight is 463 g/mol. The van der Waals surface area contributed by atoms with Crippen LogP contribution in [0.4, 0.5) is 4.79 Å². The Morgan fingerprint density at radius 2 is 1.65 bits per heavy atom. The van der Waals surface area contributed by atoms with Crippen molar-refractivity contribution in [1.82, 2.24) is 20.4 Å². The molecule has 0 saturated carbocycles. The van der Waals surface area contributed by atoms with Crippen molar-refractivity contribution >= 4 is 18.0 Å². The van der Waals surface area contributed by atoms with Crippen LogP contribution in [0.3, 0.4) is 0 Å². The van der Waals surface area contributed by atoms with Gasteiger partial charge in [0.1, 0.15) is 6.61 Å². The van der Waals surface area contributed by atoms with Crippen molar-refractivity contribution in [1.29, 1.82) is 0 Å². The van der Waals surface area contributed by atoms with Gasteiger partial charge in [-0.3, -0.25) is 9.48 Å². The summed E-state index contributed by atoms with van der Waals surface area (Å²) in [5.74, 6) is -1.78. The molecule has 9 heteroatoms. The van der Waals surface area contributed by atoms with Crippen LogP contribution in [-0.2, 0) is 21.4 Å². The molecule has 0 aliphatic heterocycles. The van der Waals surface area contributed by atoms with Gasteiger partial charge >= 0.3 is 12.1 Å². The Labute approximate surface area is 196 Å². The molecule has 1 heterocycles. The molecular weight excluding hydrogens is 436 g/mol. The van der Waals surface area contributed by atoms with Gasteiger partial charge in [0.25, 0.3) is 0 Å². The van der Waals surface area contributed by atoms with Gasteiger partial charge in [-0.2, -0.15) is 5.10 Å².